The van der Waals surface area contributed by atoms with Crippen LogP contribution in [0.25, 0.3) is 0 Å². The highest BCUT2D eigenvalue weighted by Gasteiger charge is 2.43. The Morgan fingerprint density at radius 1 is 1.00 bits per heavy atom. The molecule has 0 aromatic heterocycles. The van der Waals surface area contributed by atoms with Gasteiger partial charge in [0.15, 0.2) is 0 Å². The van der Waals surface area contributed by atoms with Gasteiger partial charge in [-0.2, -0.15) is 0 Å². The maximum atomic E-state index is 13.5. The highest BCUT2D eigenvalue weighted by atomic mass is 16.6. The zero-order valence-corrected chi connectivity index (χ0v) is 24.1. The zero-order valence-electron chi connectivity index (χ0n) is 24.1. The molecule has 1 aromatic carbocycles. The van der Waals surface area contributed by atoms with E-state index in [4.69, 9.17) is 10.5 Å². The quantitative estimate of drug-likeness (QED) is 0.361. The lowest BCUT2D eigenvalue weighted by atomic mass is 9.99. The SMILES string of the molecule is CC(C)C[C@@H](NC(=O)[C@@H]1CCC(=O)N1C(=O)OCc1ccccc1)C(=O)N[C@H](C(=O)N1CCC[C@@H]1C(N)=O)C(C)C. The second-order valence-corrected chi connectivity index (χ2v) is 11.4. The van der Waals surface area contributed by atoms with Gasteiger partial charge in [-0.25, -0.2) is 9.69 Å². The van der Waals surface area contributed by atoms with E-state index >= 15 is 0 Å². The minimum Gasteiger partial charge on any atom is -0.444 e. The van der Waals surface area contributed by atoms with Crippen LogP contribution in [0.15, 0.2) is 30.3 Å². The molecular formula is C29H41N5O7. The summed E-state index contributed by atoms with van der Waals surface area (Å²) < 4.78 is 5.29. The second-order valence-electron chi connectivity index (χ2n) is 11.4. The van der Waals surface area contributed by atoms with Crippen LogP contribution in [-0.2, 0) is 35.3 Å². The summed E-state index contributed by atoms with van der Waals surface area (Å²) in [6, 6.07) is 5.12. The smallest absolute Gasteiger partial charge is 0.417 e. The summed E-state index contributed by atoms with van der Waals surface area (Å²) in [5.74, 6) is -3.07. The van der Waals surface area contributed by atoms with Gasteiger partial charge in [0.25, 0.3) is 0 Å². The Bertz CT molecular complexity index is 1140. The number of amides is 6. The first-order chi connectivity index (χ1) is 19.4. The van der Waals surface area contributed by atoms with E-state index in [1.807, 2.05) is 19.9 Å². The van der Waals surface area contributed by atoms with Gasteiger partial charge >= 0.3 is 6.09 Å². The predicted molar refractivity (Wildman–Crippen MR) is 149 cm³/mol. The lowest BCUT2D eigenvalue weighted by molar-refractivity contribution is -0.142. The minimum atomic E-state index is -1.13. The first-order valence-electron chi connectivity index (χ1n) is 14.1. The van der Waals surface area contributed by atoms with Crippen molar-refractivity contribution in [2.24, 2.45) is 17.6 Å². The predicted octanol–water partition coefficient (Wildman–Crippen LogP) is 1.46. The molecule has 0 bridgehead atoms. The highest BCUT2D eigenvalue weighted by Crippen LogP contribution is 2.22. The van der Waals surface area contributed by atoms with Crippen molar-refractivity contribution in [1.82, 2.24) is 20.4 Å². The highest BCUT2D eigenvalue weighted by molar-refractivity contribution is 6.02. The Balaban J connectivity index is 1.70. The van der Waals surface area contributed by atoms with Crippen molar-refractivity contribution in [1.29, 1.82) is 0 Å². The van der Waals surface area contributed by atoms with E-state index in [0.717, 1.165) is 10.5 Å². The van der Waals surface area contributed by atoms with E-state index in [9.17, 15) is 28.8 Å². The Hall–Kier alpha value is -3.96. The third-order valence-corrected chi connectivity index (χ3v) is 7.35. The molecule has 12 heteroatoms. The van der Waals surface area contributed by atoms with Crippen molar-refractivity contribution in [3.63, 3.8) is 0 Å². The molecule has 3 rings (SSSR count). The van der Waals surface area contributed by atoms with Crippen molar-refractivity contribution in [2.45, 2.75) is 90.6 Å². The summed E-state index contributed by atoms with van der Waals surface area (Å²) in [5.41, 5.74) is 6.21. The average Bonchev–Trinajstić information content (AvgIpc) is 3.57. The average molecular weight is 572 g/mol. The molecule has 41 heavy (non-hydrogen) atoms. The fourth-order valence-electron chi connectivity index (χ4n) is 5.19. The number of primary amides is 1. The number of carbonyl (C=O) groups is 6. The van der Waals surface area contributed by atoms with E-state index in [1.54, 1.807) is 38.1 Å². The van der Waals surface area contributed by atoms with Gasteiger partial charge in [-0.15, -0.1) is 0 Å². The molecule has 4 N–H and O–H groups in total. The van der Waals surface area contributed by atoms with Gasteiger partial charge < -0.3 is 26.0 Å². The molecular weight excluding hydrogens is 530 g/mol. The fraction of sp³-hybridized carbons (Fsp3) is 0.586. The number of likely N-dealkylation sites (tertiary alicyclic amines) is 2. The van der Waals surface area contributed by atoms with Crippen LogP contribution >= 0.6 is 0 Å². The number of ether oxygens (including phenoxy) is 1. The normalized spacial score (nSPS) is 20.2. The summed E-state index contributed by atoms with van der Waals surface area (Å²) in [5, 5.41) is 5.46. The van der Waals surface area contributed by atoms with Gasteiger partial charge in [0, 0.05) is 13.0 Å². The largest absolute Gasteiger partial charge is 0.444 e. The molecule has 0 aliphatic carbocycles. The fourth-order valence-corrected chi connectivity index (χ4v) is 5.19. The number of rotatable bonds is 11. The number of nitrogens with two attached hydrogens (primary N) is 1. The van der Waals surface area contributed by atoms with Crippen molar-refractivity contribution in [2.75, 3.05) is 6.54 Å². The van der Waals surface area contributed by atoms with Gasteiger partial charge in [0.2, 0.25) is 29.5 Å². The third-order valence-electron chi connectivity index (χ3n) is 7.35. The van der Waals surface area contributed by atoms with Gasteiger partial charge in [0.1, 0.15) is 30.8 Å². The topological polar surface area (TPSA) is 168 Å². The third kappa shape index (κ3) is 8.05. The molecule has 4 atom stereocenters. The van der Waals surface area contributed by atoms with Crippen LogP contribution in [-0.4, -0.2) is 76.1 Å². The van der Waals surface area contributed by atoms with Gasteiger partial charge in [0.05, 0.1) is 0 Å². The molecule has 0 saturated carbocycles. The first kappa shape index (κ1) is 31.6. The first-order valence-corrected chi connectivity index (χ1v) is 14.1. The van der Waals surface area contributed by atoms with Crippen LogP contribution in [0.2, 0.25) is 0 Å². The molecule has 224 valence electrons. The summed E-state index contributed by atoms with van der Waals surface area (Å²) in [6.07, 6.45) is 0.507. The van der Waals surface area contributed by atoms with Gasteiger partial charge in [-0.1, -0.05) is 58.0 Å². The number of hydrogen-bond acceptors (Lipinski definition) is 7. The van der Waals surface area contributed by atoms with E-state index < -0.39 is 59.8 Å². The number of carbonyl (C=O) groups excluding carboxylic acids is 6. The maximum Gasteiger partial charge on any atom is 0.417 e. The van der Waals surface area contributed by atoms with Crippen molar-refractivity contribution in [3.8, 4) is 0 Å². The van der Waals surface area contributed by atoms with Crippen molar-refractivity contribution in [3.05, 3.63) is 35.9 Å². The van der Waals surface area contributed by atoms with Crippen LogP contribution in [0.4, 0.5) is 4.79 Å². The molecule has 2 heterocycles. The Morgan fingerprint density at radius 3 is 2.29 bits per heavy atom. The van der Waals surface area contributed by atoms with E-state index in [-0.39, 0.29) is 37.7 Å². The molecule has 2 aliphatic heterocycles. The van der Waals surface area contributed by atoms with Crippen LogP contribution in [0, 0.1) is 11.8 Å². The molecule has 12 nitrogen and oxygen atoms in total. The number of nitrogens with zero attached hydrogens (tertiary/aromatic N) is 2. The van der Waals surface area contributed by atoms with Crippen molar-refractivity contribution < 1.29 is 33.5 Å². The molecule has 2 saturated heterocycles. The number of hydrogen-bond donors (Lipinski definition) is 3. The number of nitrogens with one attached hydrogen (secondary N) is 2. The Morgan fingerprint density at radius 2 is 1.68 bits per heavy atom. The zero-order chi connectivity index (χ0) is 30.3. The standard InChI is InChI=1S/C29H41N5O7/c1-17(2)15-20(26(37)32-24(18(3)4)28(39)33-14-8-11-21(33)25(30)36)31-27(38)22-12-13-23(35)34(22)29(40)41-16-19-9-6-5-7-10-19/h5-7,9-10,17-18,20-22,24H,8,11-16H2,1-4H3,(H2,30,36)(H,31,38)(H,32,37)/t20-,21-,22+,24+/m1/s1. The monoisotopic (exact) mass is 571 g/mol. The number of imide groups is 1. The molecule has 0 radical (unpaired) electrons. The lowest BCUT2D eigenvalue weighted by Crippen LogP contribution is -2.59. The molecule has 6 amide bonds. The van der Waals surface area contributed by atoms with E-state index in [2.05, 4.69) is 10.6 Å². The van der Waals surface area contributed by atoms with E-state index in [1.165, 1.54) is 4.90 Å². The molecule has 1 aromatic rings. The lowest BCUT2D eigenvalue weighted by Gasteiger charge is -2.31. The number of benzene rings is 1. The summed E-state index contributed by atoms with van der Waals surface area (Å²) in [7, 11) is 0. The van der Waals surface area contributed by atoms with Gasteiger partial charge in [-0.3, -0.25) is 24.0 Å². The van der Waals surface area contributed by atoms with Crippen LogP contribution in [0.5, 0.6) is 0 Å². The Kier molecular flexibility index (Phi) is 10.8. The summed E-state index contributed by atoms with van der Waals surface area (Å²) in [4.78, 5) is 79.5. The molecule has 2 fully saturated rings. The molecule has 0 unspecified atom stereocenters. The minimum absolute atomic E-state index is 0.00535. The van der Waals surface area contributed by atoms with Crippen LogP contribution in [0.1, 0.15) is 65.4 Å². The van der Waals surface area contributed by atoms with Crippen molar-refractivity contribution >= 4 is 35.6 Å². The van der Waals surface area contributed by atoms with Crippen LogP contribution < -0.4 is 16.4 Å². The van der Waals surface area contributed by atoms with Crippen LogP contribution in [0.3, 0.4) is 0 Å². The van der Waals surface area contributed by atoms with E-state index in [0.29, 0.717) is 19.4 Å². The molecule has 0 spiro atoms. The summed E-state index contributed by atoms with van der Waals surface area (Å²) >= 11 is 0. The maximum absolute atomic E-state index is 13.5. The Labute approximate surface area is 240 Å². The van der Waals surface area contributed by atoms with Gasteiger partial charge in [-0.05, 0) is 43.1 Å². The second kappa shape index (κ2) is 14.1. The summed E-state index contributed by atoms with van der Waals surface area (Å²) in [6.45, 7) is 7.61. The molecule has 2 aliphatic rings.